The Hall–Kier alpha value is -3.38. The Bertz CT molecular complexity index is 1530. The summed E-state index contributed by atoms with van der Waals surface area (Å²) < 4.78 is 21.8. The van der Waals surface area contributed by atoms with Crippen molar-refractivity contribution in [2.24, 2.45) is 0 Å². The molecule has 41 heavy (non-hydrogen) atoms. The fraction of sp³-hybridized carbons (Fsp3) is 0.400. The fourth-order valence-corrected chi connectivity index (χ4v) is 11.5. The highest BCUT2D eigenvalue weighted by atomic mass is 32.1. The number of nitrogens with two attached hydrogens (primary N) is 1. The van der Waals surface area contributed by atoms with Gasteiger partial charge < -0.3 is 19.6 Å². The number of benzene rings is 2. The standard InChI is InChI=1S/C30H36N4O5SSi/c1-6-22(39-41(30(3,4)5,20-13-9-7-10-14-20)21-15-11-8-12-16-21)23-17-24(37-19(2)35)27(38-23)34-26-25(40-29(34)36)18-32-28(31)33-26/h7-16,18,22-24,27H,6,17H2,1-5H3,(H2,31,32,33)/t22?,23-,24+,27+/m0/s1. The number of esters is 1. The third kappa shape index (κ3) is 5.46. The highest BCUT2D eigenvalue weighted by Crippen LogP contribution is 2.41. The Morgan fingerprint density at radius 2 is 1.76 bits per heavy atom. The first-order valence-corrected chi connectivity index (χ1v) is 16.5. The predicted octanol–water partition coefficient (Wildman–Crippen LogP) is 4.01. The summed E-state index contributed by atoms with van der Waals surface area (Å²) in [6.45, 7) is 10.1. The smallest absolute Gasteiger partial charge is 0.311 e. The van der Waals surface area contributed by atoms with Crippen molar-refractivity contribution in [3.63, 3.8) is 0 Å². The third-order valence-electron chi connectivity index (χ3n) is 7.61. The molecule has 2 aromatic carbocycles. The number of carbonyl (C=O) groups excluding carboxylic acids is 1. The molecule has 3 heterocycles. The van der Waals surface area contributed by atoms with Crippen molar-refractivity contribution in [3.8, 4) is 0 Å². The Labute approximate surface area is 244 Å². The van der Waals surface area contributed by atoms with Crippen LogP contribution in [0.4, 0.5) is 5.95 Å². The monoisotopic (exact) mass is 592 g/mol. The van der Waals surface area contributed by atoms with E-state index in [1.165, 1.54) is 17.7 Å². The molecule has 0 amide bonds. The van der Waals surface area contributed by atoms with Gasteiger partial charge in [0.2, 0.25) is 5.95 Å². The van der Waals surface area contributed by atoms with Crippen molar-refractivity contribution >= 4 is 52.3 Å². The van der Waals surface area contributed by atoms with Crippen LogP contribution in [0, 0.1) is 0 Å². The largest absolute Gasteiger partial charge is 0.458 e. The Morgan fingerprint density at radius 1 is 1.15 bits per heavy atom. The molecule has 1 saturated heterocycles. The van der Waals surface area contributed by atoms with Crippen LogP contribution in [-0.2, 0) is 18.7 Å². The summed E-state index contributed by atoms with van der Waals surface area (Å²) in [7, 11) is -2.90. The van der Waals surface area contributed by atoms with Crippen molar-refractivity contribution < 1.29 is 18.7 Å². The van der Waals surface area contributed by atoms with E-state index < -0.39 is 32.7 Å². The second-order valence-corrected chi connectivity index (χ2v) is 16.6. The maximum atomic E-state index is 13.2. The van der Waals surface area contributed by atoms with Gasteiger partial charge in [0.1, 0.15) is 6.10 Å². The van der Waals surface area contributed by atoms with E-state index in [9.17, 15) is 9.59 Å². The van der Waals surface area contributed by atoms with Crippen molar-refractivity contribution in [2.75, 3.05) is 5.73 Å². The zero-order valence-electron chi connectivity index (χ0n) is 23.9. The molecule has 0 saturated carbocycles. The summed E-state index contributed by atoms with van der Waals surface area (Å²) >= 11 is 1.00. The quantitative estimate of drug-likeness (QED) is 0.241. The summed E-state index contributed by atoms with van der Waals surface area (Å²) in [4.78, 5) is 33.4. The fourth-order valence-electron chi connectivity index (χ4n) is 5.87. The van der Waals surface area contributed by atoms with Crippen LogP contribution in [0.15, 0.2) is 71.7 Å². The second kappa shape index (κ2) is 11.5. The molecule has 1 aliphatic rings. The van der Waals surface area contributed by atoms with Crippen LogP contribution in [-0.4, -0.2) is 47.1 Å². The molecule has 9 nitrogen and oxygen atoms in total. The second-order valence-electron chi connectivity index (χ2n) is 11.3. The van der Waals surface area contributed by atoms with Gasteiger partial charge in [-0.25, -0.2) is 4.98 Å². The van der Waals surface area contributed by atoms with Crippen LogP contribution in [0.25, 0.3) is 10.3 Å². The van der Waals surface area contributed by atoms with Crippen LogP contribution in [0.2, 0.25) is 5.04 Å². The molecule has 1 aliphatic heterocycles. The molecule has 1 fully saturated rings. The minimum absolute atomic E-state index is 0.0454. The average Bonchev–Trinajstić information content (AvgIpc) is 3.48. The Balaban J connectivity index is 1.58. The predicted molar refractivity (Wildman–Crippen MR) is 163 cm³/mol. The van der Waals surface area contributed by atoms with Crippen molar-refractivity contribution in [3.05, 3.63) is 76.5 Å². The molecule has 0 aliphatic carbocycles. The molecule has 2 aromatic heterocycles. The molecular weight excluding hydrogens is 557 g/mol. The summed E-state index contributed by atoms with van der Waals surface area (Å²) in [6.07, 6.45) is 0.169. The summed E-state index contributed by atoms with van der Waals surface area (Å²) in [5.74, 6) is -0.406. The van der Waals surface area contributed by atoms with Gasteiger partial charge in [0.15, 0.2) is 11.9 Å². The number of anilines is 1. The zero-order chi connectivity index (χ0) is 29.4. The molecule has 1 unspecified atom stereocenters. The summed E-state index contributed by atoms with van der Waals surface area (Å²) in [5.41, 5.74) is 6.22. The van der Waals surface area contributed by atoms with Crippen LogP contribution in [0.1, 0.15) is 53.7 Å². The Kier molecular flexibility index (Phi) is 8.15. The van der Waals surface area contributed by atoms with Crippen molar-refractivity contribution in [1.82, 2.24) is 14.5 Å². The number of ether oxygens (including phenoxy) is 2. The number of nitrogen functional groups attached to an aromatic ring is 1. The number of hydrogen-bond donors (Lipinski definition) is 1. The van der Waals surface area contributed by atoms with E-state index in [1.54, 1.807) is 0 Å². The van der Waals surface area contributed by atoms with Gasteiger partial charge in [-0.05, 0) is 21.8 Å². The normalized spacial score (nSPS) is 20.3. The minimum atomic E-state index is -2.90. The average molecular weight is 593 g/mol. The molecule has 0 spiro atoms. The number of aromatic nitrogens is 3. The van der Waals surface area contributed by atoms with Gasteiger partial charge in [-0.2, -0.15) is 4.98 Å². The van der Waals surface area contributed by atoms with Gasteiger partial charge in [0.25, 0.3) is 8.32 Å². The summed E-state index contributed by atoms with van der Waals surface area (Å²) in [6, 6.07) is 20.8. The molecule has 0 bridgehead atoms. The number of rotatable bonds is 8. The molecular formula is C30H36N4O5SSi. The topological polar surface area (TPSA) is 119 Å². The first-order valence-electron chi connectivity index (χ1n) is 13.8. The van der Waals surface area contributed by atoms with Crippen molar-refractivity contribution in [1.29, 1.82) is 0 Å². The van der Waals surface area contributed by atoms with Gasteiger partial charge >= 0.3 is 10.8 Å². The lowest BCUT2D eigenvalue weighted by Gasteiger charge is -2.46. The Morgan fingerprint density at radius 3 is 2.29 bits per heavy atom. The van der Waals surface area contributed by atoms with Gasteiger partial charge in [0.05, 0.1) is 23.1 Å². The number of nitrogens with zero attached hydrogens (tertiary/aromatic N) is 3. The minimum Gasteiger partial charge on any atom is -0.458 e. The van der Waals surface area contributed by atoms with Gasteiger partial charge in [0, 0.05) is 13.3 Å². The maximum Gasteiger partial charge on any atom is 0.311 e. The number of hydrogen-bond acceptors (Lipinski definition) is 9. The molecule has 0 radical (unpaired) electrons. The van der Waals surface area contributed by atoms with E-state index in [0.717, 1.165) is 21.7 Å². The van der Waals surface area contributed by atoms with E-state index in [2.05, 4.69) is 86.2 Å². The zero-order valence-corrected chi connectivity index (χ0v) is 25.8. The maximum absolute atomic E-state index is 13.2. The number of fused-ring (bicyclic) bond motifs is 1. The highest BCUT2D eigenvalue weighted by molar-refractivity contribution is 7.16. The third-order valence-corrected chi connectivity index (χ3v) is 13.5. The molecule has 4 aromatic rings. The SMILES string of the molecule is CCC(O[Si](c1ccccc1)(c1ccccc1)C(C)(C)C)[C@@H]1C[C@@H](OC(C)=O)[C@H](n2c(=O)sc3cnc(N)nc32)O1. The first kappa shape index (κ1) is 29.1. The van der Waals surface area contributed by atoms with Crippen LogP contribution in [0.5, 0.6) is 0 Å². The molecule has 216 valence electrons. The van der Waals surface area contributed by atoms with E-state index in [-0.39, 0.29) is 22.0 Å². The lowest BCUT2D eigenvalue weighted by atomic mass is 10.1. The lowest BCUT2D eigenvalue weighted by Crippen LogP contribution is -2.68. The molecule has 2 N–H and O–H groups in total. The van der Waals surface area contributed by atoms with E-state index in [4.69, 9.17) is 19.6 Å². The van der Waals surface area contributed by atoms with Crippen LogP contribution in [0.3, 0.4) is 0 Å². The van der Waals surface area contributed by atoms with Gasteiger partial charge in [-0.3, -0.25) is 14.2 Å². The van der Waals surface area contributed by atoms with Crippen LogP contribution >= 0.6 is 11.3 Å². The van der Waals surface area contributed by atoms with E-state index >= 15 is 0 Å². The molecule has 4 atom stereocenters. The van der Waals surface area contributed by atoms with E-state index in [0.29, 0.717) is 23.2 Å². The first-order chi connectivity index (χ1) is 19.5. The number of carbonyl (C=O) groups is 1. The van der Waals surface area contributed by atoms with Crippen LogP contribution < -0.4 is 21.0 Å². The molecule has 11 heteroatoms. The van der Waals surface area contributed by atoms with Gasteiger partial charge in [-0.1, -0.05) is 99.7 Å². The highest BCUT2D eigenvalue weighted by Gasteiger charge is 2.53. The van der Waals surface area contributed by atoms with Crippen molar-refractivity contribution in [2.45, 2.75) is 77.0 Å². The lowest BCUT2D eigenvalue weighted by molar-refractivity contribution is -0.152. The van der Waals surface area contributed by atoms with Gasteiger partial charge in [-0.15, -0.1) is 0 Å². The van der Waals surface area contributed by atoms with E-state index in [1.807, 2.05) is 12.1 Å². The number of thiazole rings is 1. The summed E-state index contributed by atoms with van der Waals surface area (Å²) in [5, 5.41) is 2.09. The molecule has 5 rings (SSSR count).